The summed E-state index contributed by atoms with van der Waals surface area (Å²) in [7, 11) is 1.44. The SMILES string of the molecule is C=CCOc1c(Cl)cc(/C=C2\C(=O)NC(=O)N(c3ccccc3)C2=O)cc1OC. The molecule has 1 heterocycles. The highest BCUT2D eigenvalue weighted by molar-refractivity contribution is 6.39. The third kappa shape index (κ3) is 4.14. The largest absolute Gasteiger partial charge is 0.493 e. The fraction of sp³-hybridized carbons (Fsp3) is 0.0952. The van der Waals surface area contributed by atoms with E-state index < -0.39 is 17.8 Å². The molecule has 0 aromatic heterocycles. The Hall–Kier alpha value is -3.58. The van der Waals surface area contributed by atoms with Crippen molar-refractivity contribution in [2.24, 2.45) is 0 Å². The third-order valence-corrected chi connectivity index (χ3v) is 4.31. The summed E-state index contributed by atoms with van der Waals surface area (Å²) in [4.78, 5) is 38.3. The predicted octanol–water partition coefficient (Wildman–Crippen LogP) is 3.58. The molecule has 0 bridgehead atoms. The fourth-order valence-corrected chi connectivity index (χ4v) is 3.01. The first kappa shape index (κ1) is 20.2. The number of carbonyl (C=O) groups excluding carboxylic acids is 3. The number of urea groups is 1. The second-order valence-corrected chi connectivity index (χ2v) is 6.33. The maximum atomic E-state index is 12.9. The molecule has 7 nitrogen and oxygen atoms in total. The highest BCUT2D eigenvalue weighted by atomic mass is 35.5. The van der Waals surface area contributed by atoms with Crippen LogP contribution in [0.5, 0.6) is 11.5 Å². The second kappa shape index (κ2) is 8.62. The summed E-state index contributed by atoms with van der Waals surface area (Å²) in [5, 5.41) is 2.40. The quantitative estimate of drug-likeness (QED) is 0.445. The first-order chi connectivity index (χ1) is 14.0. The molecule has 3 rings (SSSR count). The first-order valence-electron chi connectivity index (χ1n) is 8.54. The van der Waals surface area contributed by atoms with E-state index in [0.29, 0.717) is 22.7 Å². The van der Waals surface area contributed by atoms with E-state index in [1.807, 2.05) is 0 Å². The Morgan fingerprint density at radius 2 is 1.90 bits per heavy atom. The standard InChI is InChI=1S/C21H17ClN2O5/c1-3-9-29-18-16(22)11-13(12-17(18)28-2)10-15-19(25)23-21(27)24(20(15)26)14-7-5-4-6-8-14/h3-8,10-12H,1,9H2,2H3,(H,23,25,27)/b15-10+. The van der Waals surface area contributed by atoms with E-state index in [2.05, 4.69) is 11.9 Å². The Morgan fingerprint density at radius 3 is 2.55 bits per heavy atom. The molecule has 4 amide bonds. The lowest BCUT2D eigenvalue weighted by atomic mass is 10.1. The maximum absolute atomic E-state index is 12.9. The van der Waals surface area contributed by atoms with Gasteiger partial charge < -0.3 is 9.47 Å². The molecule has 0 radical (unpaired) electrons. The summed E-state index contributed by atoms with van der Waals surface area (Å²) in [5.74, 6) is -0.899. The minimum atomic E-state index is -0.813. The number of hydrogen-bond donors (Lipinski definition) is 1. The topological polar surface area (TPSA) is 84.9 Å². The van der Waals surface area contributed by atoms with Gasteiger partial charge in [-0.25, -0.2) is 9.69 Å². The summed E-state index contributed by atoms with van der Waals surface area (Å²) in [6.07, 6.45) is 2.90. The molecule has 0 unspecified atom stereocenters. The lowest BCUT2D eigenvalue weighted by Gasteiger charge is -2.26. The number of nitrogens with one attached hydrogen (secondary N) is 1. The third-order valence-electron chi connectivity index (χ3n) is 4.02. The van der Waals surface area contributed by atoms with Crippen molar-refractivity contribution in [1.29, 1.82) is 0 Å². The summed E-state index contributed by atoms with van der Waals surface area (Å²) >= 11 is 6.27. The zero-order valence-corrected chi connectivity index (χ0v) is 16.2. The van der Waals surface area contributed by atoms with Crippen LogP contribution in [-0.4, -0.2) is 31.6 Å². The van der Waals surface area contributed by atoms with E-state index in [1.54, 1.807) is 42.5 Å². The molecule has 1 saturated heterocycles. The van der Waals surface area contributed by atoms with Gasteiger partial charge in [-0.2, -0.15) is 0 Å². The number of methoxy groups -OCH3 is 1. The number of anilines is 1. The van der Waals surface area contributed by atoms with E-state index in [0.717, 1.165) is 4.90 Å². The van der Waals surface area contributed by atoms with Gasteiger partial charge in [-0.05, 0) is 35.9 Å². The van der Waals surface area contributed by atoms with Crippen molar-refractivity contribution in [1.82, 2.24) is 5.32 Å². The number of nitrogens with zero attached hydrogens (tertiary/aromatic N) is 1. The molecular weight excluding hydrogens is 396 g/mol. The monoisotopic (exact) mass is 412 g/mol. The van der Waals surface area contributed by atoms with Gasteiger partial charge in [0, 0.05) is 0 Å². The average Bonchev–Trinajstić information content (AvgIpc) is 2.70. The zero-order chi connectivity index (χ0) is 21.0. The van der Waals surface area contributed by atoms with Crippen molar-refractivity contribution in [3.8, 4) is 11.5 Å². The van der Waals surface area contributed by atoms with Crippen LogP contribution in [0, 0.1) is 0 Å². The van der Waals surface area contributed by atoms with E-state index >= 15 is 0 Å². The number of halogens is 1. The van der Waals surface area contributed by atoms with Gasteiger partial charge in [0.05, 0.1) is 17.8 Å². The first-order valence-corrected chi connectivity index (χ1v) is 8.91. The number of hydrogen-bond acceptors (Lipinski definition) is 5. The molecule has 8 heteroatoms. The molecule has 2 aromatic rings. The van der Waals surface area contributed by atoms with Gasteiger partial charge in [0.25, 0.3) is 11.8 Å². The van der Waals surface area contributed by atoms with Crippen LogP contribution in [-0.2, 0) is 9.59 Å². The second-order valence-electron chi connectivity index (χ2n) is 5.93. The molecule has 1 fully saturated rings. The Morgan fingerprint density at radius 1 is 1.17 bits per heavy atom. The minimum Gasteiger partial charge on any atom is -0.493 e. The molecule has 29 heavy (non-hydrogen) atoms. The van der Waals surface area contributed by atoms with Crippen LogP contribution in [0.25, 0.3) is 6.08 Å². The number of carbonyl (C=O) groups is 3. The lowest BCUT2D eigenvalue weighted by Crippen LogP contribution is -2.54. The van der Waals surface area contributed by atoms with E-state index in [9.17, 15) is 14.4 Å². The number of para-hydroxylation sites is 1. The van der Waals surface area contributed by atoms with Crippen LogP contribution in [0.4, 0.5) is 10.5 Å². The van der Waals surface area contributed by atoms with Crippen LogP contribution in [0.3, 0.4) is 0 Å². The van der Waals surface area contributed by atoms with E-state index in [4.69, 9.17) is 21.1 Å². The molecule has 0 aliphatic carbocycles. The number of amides is 4. The molecular formula is C21H17ClN2O5. The lowest BCUT2D eigenvalue weighted by molar-refractivity contribution is -0.122. The van der Waals surface area contributed by atoms with Crippen molar-refractivity contribution < 1.29 is 23.9 Å². The molecule has 0 saturated carbocycles. The van der Waals surface area contributed by atoms with Crippen LogP contribution < -0.4 is 19.7 Å². The van der Waals surface area contributed by atoms with Crippen molar-refractivity contribution in [2.45, 2.75) is 0 Å². The fourth-order valence-electron chi connectivity index (χ4n) is 2.74. The average molecular weight is 413 g/mol. The minimum absolute atomic E-state index is 0.216. The Kier molecular flexibility index (Phi) is 5.99. The van der Waals surface area contributed by atoms with Gasteiger partial charge in [-0.1, -0.05) is 42.5 Å². The number of barbiturate groups is 1. The summed E-state index contributed by atoms with van der Waals surface area (Å²) in [6, 6.07) is 10.6. The summed E-state index contributed by atoms with van der Waals surface area (Å²) in [6.45, 7) is 3.81. The highest BCUT2D eigenvalue weighted by Gasteiger charge is 2.36. The summed E-state index contributed by atoms with van der Waals surface area (Å²) < 4.78 is 10.8. The van der Waals surface area contributed by atoms with Gasteiger partial charge in [-0.15, -0.1) is 0 Å². The molecule has 1 aliphatic rings. The number of benzene rings is 2. The smallest absolute Gasteiger partial charge is 0.335 e. The van der Waals surface area contributed by atoms with Gasteiger partial charge in [0.2, 0.25) is 0 Å². The van der Waals surface area contributed by atoms with Crippen LogP contribution in [0.1, 0.15) is 5.56 Å². The Balaban J connectivity index is 2.01. The number of imide groups is 2. The highest BCUT2D eigenvalue weighted by Crippen LogP contribution is 2.37. The van der Waals surface area contributed by atoms with Crippen molar-refractivity contribution in [3.63, 3.8) is 0 Å². The van der Waals surface area contributed by atoms with Gasteiger partial charge in [-0.3, -0.25) is 14.9 Å². The van der Waals surface area contributed by atoms with Gasteiger partial charge in [0.15, 0.2) is 11.5 Å². The zero-order valence-electron chi connectivity index (χ0n) is 15.5. The van der Waals surface area contributed by atoms with Crippen molar-refractivity contribution in [2.75, 3.05) is 18.6 Å². The normalized spacial score (nSPS) is 15.3. The number of ether oxygens (including phenoxy) is 2. The molecule has 148 valence electrons. The predicted molar refractivity (Wildman–Crippen MR) is 109 cm³/mol. The maximum Gasteiger partial charge on any atom is 0.335 e. The Labute approximate surface area is 172 Å². The molecule has 0 atom stereocenters. The van der Waals surface area contributed by atoms with Gasteiger partial charge >= 0.3 is 6.03 Å². The summed E-state index contributed by atoms with van der Waals surface area (Å²) in [5.41, 5.74) is 0.558. The number of rotatable bonds is 6. The molecule has 1 aliphatic heterocycles. The molecule has 0 spiro atoms. The van der Waals surface area contributed by atoms with Crippen LogP contribution in [0.15, 0.2) is 60.7 Å². The van der Waals surface area contributed by atoms with Crippen LogP contribution >= 0.6 is 11.6 Å². The van der Waals surface area contributed by atoms with Crippen molar-refractivity contribution >= 4 is 41.2 Å². The van der Waals surface area contributed by atoms with Gasteiger partial charge in [0.1, 0.15) is 12.2 Å². The van der Waals surface area contributed by atoms with E-state index in [1.165, 1.54) is 19.3 Å². The van der Waals surface area contributed by atoms with Crippen LogP contribution in [0.2, 0.25) is 5.02 Å². The Bertz CT molecular complexity index is 1020. The van der Waals surface area contributed by atoms with Crippen molar-refractivity contribution in [3.05, 3.63) is 71.3 Å². The molecule has 1 N–H and O–H groups in total. The molecule has 2 aromatic carbocycles. The van der Waals surface area contributed by atoms with E-state index in [-0.39, 0.29) is 17.2 Å².